The van der Waals surface area contributed by atoms with Crippen LogP contribution in [0.4, 0.5) is 9.18 Å². The van der Waals surface area contributed by atoms with E-state index < -0.39 is 6.09 Å². The van der Waals surface area contributed by atoms with Crippen LogP contribution in [0.2, 0.25) is 0 Å². The van der Waals surface area contributed by atoms with Gasteiger partial charge in [0.05, 0.1) is 0 Å². The molecule has 1 heterocycles. The average molecular weight is 379 g/mol. The molecule has 2 aromatic rings. The first-order valence-corrected chi connectivity index (χ1v) is 8.59. The van der Waals surface area contributed by atoms with Crippen LogP contribution in [0.3, 0.4) is 0 Å². The first-order chi connectivity index (χ1) is 12.2. The second kappa shape index (κ2) is 9.55. The molecule has 1 aliphatic heterocycles. The summed E-state index contributed by atoms with van der Waals surface area (Å²) in [7, 11) is 0. The van der Waals surface area contributed by atoms with Gasteiger partial charge in [-0.2, -0.15) is 0 Å². The minimum absolute atomic E-state index is 0. The van der Waals surface area contributed by atoms with Gasteiger partial charge in [0.1, 0.15) is 12.4 Å². The van der Waals surface area contributed by atoms with Crippen LogP contribution in [0.15, 0.2) is 54.6 Å². The highest BCUT2D eigenvalue weighted by Crippen LogP contribution is 2.24. The lowest BCUT2D eigenvalue weighted by molar-refractivity contribution is 0.119. The number of halogens is 2. The Kier molecular flexibility index (Phi) is 7.42. The molecule has 2 aromatic carbocycles. The summed E-state index contributed by atoms with van der Waals surface area (Å²) in [6, 6.07) is 16.1. The molecule has 0 radical (unpaired) electrons. The Hall–Kier alpha value is -2.11. The van der Waals surface area contributed by atoms with Crippen molar-refractivity contribution in [3.05, 3.63) is 71.5 Å². The minimum Gasteiger partial charge on any atom is -0.445 e. The molecule has 2 N–H and O–H groups in total. The van der Waals surface area contributed by atoms with Crippen molar-refractivity contribution in [1.82, 2.24) is 10.6 Å². The zero-order valence-electron chi connectivity index (χ0n) is 14.5. The van der Waals surface area contributed by atoms with Gasteiger partial charge in [-0.05, 0) is 55.6 Å². The van der Waals surface area contributed by atoms with Crippen LogP contribution in [-0.4, -0.2) is 24.7 Å². The Morgan fingerprint density at radius 2 is 1.69 bits per heavy atom. The van der Waals surface area contributed by atoms with Crippen LogP contribution in [0.1, 0.15) is 24.0 Å². The second-order valence-corrected chi connectivity index (χ2v) is 6.52. The molecule has 1 fully saturated rings. The summed E-state index contributed by atoms with van der Waals surface area (Å²) < 4.78 is 18.5. The first kappa shape index (κ1) is 20.2. The molecule has 0 aliphatic carbocycles. The Labute approximate surface area is 159 Å². The van der Waals surface area contributed by atoms with E-state index in [1.807, 2.05) is 30.3 Å². The molecule has 0 saturated carbocycles. The summed E-state index contributed by atoms with van der Waals surface area (Å²) in [5.41, 5.74) is 1.60. The first-order valence-electron chi connectivity index (χ1n) is 8.59. The zero-order chi connectivity index (χ0) is 17.5. The largest absolute Gasteiger partial charge is 0.445 e. The number of piperidine rings is 1. The fourth-order valence-electron chi connectivity index (χ4n) is 3.22. The Morgan fingerprint density at radius 1 is 1.04 bits per heavy atom. The van der Waals surface area contributed by atoms with Crippen LogP contribution in [0.25, 0.3) is 0 Å². The van der Waals surface area contributed by atoms with Gasteiger partial charge in [-0.25, -0.2) is 9.18 Å². The molecule has 0 aromatic heterocycles. The predicted molar refractivity (Wildman–Crippen MR) is 102 cm³/mol. The highest BCUT2D eigenvalue weighted by atomic mass is 35.5. The molecule has 0 spiro atoms. The van der Waals surface area contributed by atoms with Gasteiger partial charge >= 0.3 is 6.09 Å². The molecule has 0 atom stereocenters. The van der Waals surface area contributed by atoms with E-state index in [1.54, 1.807) is 12.1 Å². The van der Waals surface area contributed by atoms with E-state index in [9.17, 15) is 9.18 Å². The highest BCUT2D eigenvalue weighted by Gasteiger charge is 2.34. The van der Waals surface area contributed by atoms with Crippen molar-refractivity contribution in [2.24, 2.45) is 0 Å². The maximum Gasteiger partial charge on any atom is 0.407 e. The topological polar surface area (TPSA) is 50.4 Å². The number of rotatable bonds is 5. The quantitative estimate of drug-likeness (QED) is 0.831. The summed E-state index contributed by atoms with van der Waals surface area (Å²) >= 11 is 0. The van der Waals surface area contributed by atoms with Gasteiger partial charge in [0.25, 0.3) is 0 Å². The van der Waals surface area contributed by atoms with Gasteiger partial charge in [-0.15, -0.1) is 12.4 Å². The number of amides is 1. The number of hydrogen-bond donors (Lipinski definition) is 2. The molecule has 3 rings (SSSR count). The van der Waals surface area contributed by atoms with Crippen molar-refractivity contribution < 1.29 is 13.9 Å². The van der Waals surface area contributed by atoms with Crippen LogP contribution in [0.5, 0.6) is 0 Å². The van der Waals surface area contributed by atoms with E-state index in [2.05, 4.69) is 10.6 Å². The standard InChI is InChI=1S/C20H23FN2O2.ClH/c21-18-8-6-16(7-9-18)14-20(10-12-22-13-11-20)23-19(24)25-15-17-4-2-1-3-5-17;/h1-9,22H,10-15H2,(H,23,24);1H. The zero-order valence-corrected chi connectivity index (χ0v) is 15.4. The van der Waals surface area contributed by atoms with E-state index in [-0.39, 0.29) is 30.4 Å². The SMILES string of the molecule is Cl.O=C(NC1(Cc2ccc(F)cc2)CCNCC1)OCc1ccccc1. The number of benzene rings is 2. The molecule has 4 nitrogen and oxygen atoms in total. The average Bonchev–Trinajstić information content (AvgIpc) is 2.63. The van der Waals surface area contributed by atoms with Gasteiger partial charge in [0.2, 0.25) is 0 Å². The Morgan fingerprint density at radius 3 is 2.35 bits per heavy atom. The number of ether oxygens (including phenoxy) is 1. The molecule has 1 amide bonds. The minimum atomic E-state index is -0.409. The lowest BCUT2D eigenvalue weighted by atomic mass is 9.82. The maximum absolute atomic E-state index is 13.1. The second-order valence-electron chi connectivity index (χ2n) is 6.52. The molecular formula is C20H24ClFN2O2. The number of nitrogens with one attached hydrogen (secondary N) is 2. The summed E-state index contributed by atoms with van der Waals surface area (Å²) in [5, 5.41) is 6.38. The monoisotopic (exact) mass is 378 g/mol. The van der Waals surface area contributed by atoms with E-state index >= 15 is 0 Å². The van der Waals surface area contributed by atoms with Gasteiger partial charge in [0, 0.05) is 5.54 Å². The summed E-state index contributed by atoms with van der Waals surface area (Å²) in [4.78, 5) is 12.3. The van der Waals surface area contributed by atoms with Crippen molar-refractivity contribution in [2.45, 2.75) is 31.4 Å². The predicted octanol–water partition coefficient (Wildman–Crippen LogP) is 3.84. The highest BCUT2D eigenvalue weighted by molar-refractivity contribution is 5.85. The summed E-state index contributed by atoms with van der Waals surface area (Å²) in [6.07, 6.45) is 1.87. The molecule has 1 saturated heterocycles. The third-order valence-corrected chi connectivity index (χ3v) is 4.60. The van der Waals surface area contributed by atoms with Crippen molar-refractivity contribution in [2.75, 3.05) is 13.1 Å². The number of carbonyl (C=O) groups is 1. The molecule has 140 valence electrons. The number of carbonyl (C=O) groups excluding carboxylic acids is 1. The Balaban J connectivity index is 0.00000243. The molecule has 0 unspecified atom stereocenters. The summed E-state index contributed by atoms with van der Waals surface area (Å²) in [6.45, 7) is 1.91. The van der Waals surface area contributed by atoms with Crippen LogP contribution >= 0.6 is 12.4 Å². The Bertz CT molecular complexity index is 689. The van der Waals surface area contributed by atoms with Gasteiger partial charge in [-0.3, -0.25) is 0 Å². The fourth-order valence-corrected chi connectivity index (χ4v) is 3.22. The van der Waals surface area contributed by atoms with E-state index in [0.717, 1.165) is 37.1 Å². The van der Waals surface area contributed by atoms with E-state index in [1.165, 1.54) is 12.1 Å². The maximum atomic E-state index is 13.1. The number of hydrogen-bond acceptors (Lipinski definition) is 3. The van der Waals surface area contributed by atoms with E-state index in [4.69, 9.17) is 4.74 Å². The van der Waals surface area contributed by atoms with Gasteiger partial charge in [-0.1, -0.05) is 42.5 Å². The normalized spacial score (nSPS) is 15.6. The molecule has 6 heteroatoms. The van der Waals surface area contributed by atoms with Crippen molar-refractivity contribution >= 4 is 18.5 Å². The van der Waals surface area contributed by atoms with Crippen LogP contribution < -0.4 is 10.6 Å². The smallest absolute Gasteiger partial charge is 0.407 e. The van der Waals surface area contributed by atoms with Crippen LogP contribution in [0, 0.1) is 5.82 Å². The van der Waals surface area contributed by atoms with Crippen molar-refractivity contribution in [3.8, 4) is 0 Å². The molecule has 0 bridgehead atoms. The fraction of sp³-hybridized carbons (Fsp3) is 0.350. The molecule has 1 aliphatic rings. The third-order valence-electron chi connectivity index (χ3n) is 4.60. The molecule has 26 heavy (non-hydrogen) atoms. The lowest BCUT2D eigenvalue weighted by Crippen LogP contribution is -2.56. The lowest BCUT2D eigenvalue weighted by Gasteiger charge is -2.38. The van der Waals surface area contributed by atoms with Crippen LogP contribution in [-0.2, 0) is 17.8 Å². The van der Waals surface area contributed by atoms with Gasteiger partial charge in [0.15, 0.2) is 0 Å². The van der Waals surface area contributed by atoms with Gasteiger partial charge < -0.3 is 15.4 Å². The van der Waals surface area contributed by atoms with Crippen molar-refractivity contribution in [3.63, 3.8) is 0 Å². The number of alkyl carbamates (subject to hydrolysis) is 1. The van der Waals surface area contributed by atoms with E-state index in [0.29, 0.717) is 6.42 Å². The molecular weight excluding hydrogens is 355 g/mol. The van der Waals surface area contributed by atoms with Crippen molar-refractivity contribution in [1.29, 1.82) is 0 Å². The third kappa shape index (κ3) is 5.71. The summed E-state index contributed by atoms with van der Waals surface area (Å²) in [5.74, 6) is -0.252.